The van der Waals surface area contributed by atoms with Crippen molar-refractivity contribution in [3.05, 3.63) is 53.6 Å². The lowest BCUT2D eigenvalue weighted by atomic mass is 9.55. The molecular formula is C17H17F3N2O2. The molecule has 0 amide bonds. The van der Waals surface area contributed by atoms with E-state index in [1.165, 1.54) is 18.5 Å². The molecule has 2 aromatic heterocycles. The van der Waals surface area contributed by atoms with Gasteiger partial charge < -0.3 is 10.2 Å². The maximum atomic E-state index is 13.0. The van der Waals surface area contributed by atoms with Crippen LogP contribution in [0.25, 0.3) is 0 Å². The summed E-state index contributed by atoms with van der Waals surface area (Å²) in [6, 6.07) is 4.21. The Labute approximate surface area is 137 Å². The molecule has 0 saturated heterocycles. The van der Waals surface area contributed by atoms with Crippen LogP contribution in [0.3, 0.4) is 0 Å². The van der Waals surface area contributed by atoms with E-state index >= 15 is 0 Å². The van der Waals surface area contributed by atoms with E-state index < -0.39 is 22.8 Å². The van der Waals surface area contributed by atoms with Gasteiger partial charge in [0.1, 0.15) is 5.75 Å². The quantitative estimate of drug-likeness (QED) is 0.902. The van der Waals surface area contributed by atoms with Crippen LogP contribution in [0.5, 0.6) is 5.75 Å². The van der Waals surface area contributed by atoms with Crippen molar-refractivity contribution < 1.29 is 23.4 Å². The van der Waals surface area contributed by atoms with Gasteiger partial charge in [-0.1, -0.05) is 0 Å². The fourth-order valence-electron chi connectivity index (χ4n) is 3.59. The number of pyridine rings is 2. The molecule has 1 aliphatic rings. The number of rotatable bonds is 3. The Morgan fingerprint density at radius 2 is 1.88 bits per heavy atom. The van der Waals surface area contributed by atoms with Crippen LogP contribution in [-0.2, 0) is 18.0 Å². The molecule has 0 radical (unpaired) electrons. The van der Waals surface area contributed by atoms with E-state index in [0.29, 0.717) is 30.5 Å². The summed E-state index contributed by atoms with van der Waals surface area (Å²) in [4.78, 5) is 7.86. The summed E-state index contributed by atoms with van der Waals surface area (Å²) in [5, 5.41) is 19.5. The second-order valence-electron chi connectivity index (χ2n) is 6.78. The Morgan fingerprint density at radius 1 is 1.17 bits per heavy atom. The van der Waals surface area contributed by atoms with Gasteiger partial charge in [0.25, 0.3) is 0 Å². The van der Waals surface area contributed by atoms with E-state index in [0.717, 1.165) is 12.3 Å². The second-order valence-corrected chi connectivity index (χ2v) is 6.78. The predicted octanol–water partition coefficient (Wildman–Crippen LogP) is 3.23. The van der Waals surface area contributed by atoms with Crippen molar-refractivity contribution in [2.24, 2.45) is 0 Å². The summed E-state index contributed by atoms with van der Waals surface area (Å²) < 4.78 is 38.9. The summed E-state index contributed by atoms with van der Waals surface area (Å²) in [5.41, 5.74) is -1.29. The number of aromatic nitrogens is 2. The highest BCUT2D eigenvalue weighted by Crippen LogP contribution is 2.52. The minimum absolute atomic E-state index is 0.0224. The molecule has 2 N–H and O–H groups in total. The average molecular weight is 338 g/mol. The summed E-state index contributed by atoms with van der Waals surface area (Å²) in [5.74, 6) is 0.0224. The number of aliphatic hydroxyl groups is 1. The zero-order chi connectivity index (χ0) is 17.6. The highest BCUT2D eigenvalue weighted by molar-refractivity contribution is 5.35. The van der Waals surface area contributed by atoms with Gasteiger partial charge in [0.15, 0.2) is 0 Å². The molecule has 24 heavy (non-hydrogen) atoms. The van der Waals surface area contributed by atoms with Crippen LogP contribution in [0, 0.1) is 0 Å². The van der Waals surface area contributed by atoms with Gasteiger partial charge in [-0.15, -0.1) is 0 Å². The number of hydrogen-bond acceptors (Lipinski definition) is 4. The smallest absolute Gasteiger partial charge is 0.417 e. The topological polar surface area (TPSA) is 66.2 Å². The molecule has 1 aliphatic carbocycles. The van der Waals surface area contributed by atoms with Crippen LogP contribution in [-0.4, -0.2) is 25.8 Å². The lowest BCUT2D eigenvalue weighted by Gasteiger charge is -2.52. The molecule has 1 saturated carbocycles. The van der Waals surface area contributed by atoms with Gasteiger partial charge in [-0.05, 0) is 49.9 Å². The summed E-state index contributed by atoms with van der Waals surface area (Å²) in [6.07, 6.45) is 0.0682. The van der Waals surface area contributed by atoms with Crippen molar-refractivity contribution in [1.29, 1.82) is 0 Å². The van der Waals surface area contributed by atoms with E-state index in [-0.39, 0.29) is 5.75 Å². The van der Waals surface area contributed by atoms with Gasteiger partial charge in [0, 0.05) is 23.5 Å². The van der Waals surface area contributed by atoms with Gasteiger partial charge in [-0.3, -0.25) is 9.97 Å². The molecular weight excluding hydrogens is 321 g/mol. The summed E-state index contributed by atoms with van der Waals surface area (Å²) in [7, 11) is 0. The van der Waals surface area contributed by atoms with Crippen LogP contribution in [0.4, 0.5) is 13.2 Å². The van der Waals surface area contributed by atoms with Gasteiger partial charge in [0.2, 0.25) is 0 Å². The van der Waals surface area contributed by atoms with Crippen molar-refractivity contribution in [3.63, 3.8) is 0 Å². The molecule has 3 rings (SSSR count). The number of hydrogen-bond donors (Lipinski definition) is 2. The monoisotopic (exact) mass is 338 g/mol. The van der Waals surface area contributed by atoms with Crippen LogP contribution < -0.4 is 0 Å². The Bertz CT molecular complexity index is 734. The maximum Gasteiger partial charge on any atom is 0.417 e. The van der Waals surface area contributed by atoms with Gasteiger partial charge in [0.05, 0.1) is 17.4 Å². The van der Waals surface area contributed by atoms with E-state index in [1.54, 1.807) is 13.0 Å². The number of aromatic hydroxyl groups is 1. The molecule has 2 heterocycles. The molecule has 1 fully saturated rings. The first-order chi connectivity index (χ1) is 11.1. The largest absolute Gasteiger partial charge is 0.506 e. The van der Waals surface area contributed by atoms with Crippen molar-refractivity contribution in [2.45, 2.75) is 43.4 Å². The third-order valence-electron chi connectivity index (χ3n) is 4.45. The maximum absolute atomic E-state index is 13.0. The molecule has 128 valence electrons. The zero-order valence-corrected chi connectivity index (χ0v) is 13.0. The molecule has 0 bridgehead atoms. The molecule has 0 spiro atoms. The zero-order valence-electron chi connectivity index (χ0n) is 13.0. The number of halogens is 3. The normalized spacial score (nSPS) is 26.9. The van der Waals surface area contributed by atoms with E-state index in [1.807, 2.05) is 0 Å². The minimum Gasteiger partial charge on any atom is -0.506 e. The minimum atomic E-state index is -4.47. The van der Waals surface area contributed by atoms with E-state index in [9.17, 15) is 23.4 Å². The Kier molecular flexibility index (Phi) is 3.79. The van der Waals surface area contributed by atoms with Crippen molar-refractivity contribution >= 4 is 0 Å². The SMILES string of the molecule is C[C@]1(O)C[C@](Cc2ccc(O)cn2)(c2cncc(C(F)(F)F)c2)C1. The molecule has 0 unspecified atom stereocenters. The lowest BCUT2D eigenvalue weighted by Crippen LogP contribution is -2.54. The van der Waals surface area contributed by atoms with E-state index in [4.69, 9.17) is 0 Å². The molecule has 7 heteroatoms. The lowest BCUT2D eigenvalue weighted by molar-refractivity contribution is -0.138. The van der Waals surface area contributed by atoms with Crippen LogP contribution >= 0.6 is 0 Å². The van der Waals surface area contributed by atoms with E-state index in [2.05, 4.69) is 9.97 Å². The number of alkyl halides is 3. The summed E-state index contributed by atoms with van der Waals surface area (Å²) >= 11 is 0. The fourth-order valence-corrected chi connectivity index (χ4v) is 3.59. The highest BCUT2D eigenvalue weighted by atomic mass is 19.4. The molecule has 0 atom stereocenters. The Hall–Kier alpha value is -2.15. The van der Waals surface area contributed by atoms with Crippen molar-refractivity contribution in [1.82, 2.24) is 9.97 Å². The van der Waals surface area contributed by atoms with Gasteiger partial charge in [-0.25, -0.2) is 0 Å². The third-order valence-corrected chi connectivity index (χ3v) is 4.45. The first-order valence-electron chi connectivity index (χ1n) is 7.49. The molecule has 0 aromatic carbocycles. The van der Waals surface area contributed by atoms with Crippen LogP contribution in [0.1, 0.15) is 36.6 Å². The van der Waals surface area contributed by atoms with Crippen molar-refractivity contribution in [2.75, 3.05) is 0 Å². The molecule has 4 nitrogen and oxygen atoms in total. The predicted molar refractivity (Wildman–Crippen MR) is 80.4 cm³/mol. The Morgan fingerprint density at radius 3 is 2.42 bits per heavy atom. The number of nitrogens with zero attached hydrogens (tertiary/aromatic N) is 2. The van der Waals surface area contributed by atoms with Gasteiger partial charge in [-0.2, -0.15) is 13.2 Å². The van der Waals surface area contributed by atoms with Crippen LogP contribution in [0.2, 0.25) is 0 Å². The molecule has 0 aliphatic heterocycles. The third kappa shape index (κ3) is 3.21. The standard InChI is InChI=1S/C17H17F3N2O2/c1-15(24)9-16(10-15,5-13-2-3-14(23)8-22-13)11-4-12(7-21-6-11)17(18,19)20/h2-4,6-8,23-24H,5,9-10H2,1H3/t15-,16-. The fraction of sp³-hybridized carbons (Fsp3) is 0.412. The highest BCUT2D eigenvalue weighted by Gasteiger charge is 2.52. The first-order valence-corrected chi connectivity index (χ1v) is 7.49. The summed E-state index contributed by atoms with van der Waals surface area (Å²) in [6.45, 7) is 1.66. The Balaban J connectivity index is 1.97. The van der Waals surface area contributed by atoms with Gasteiger partial charge >= 0.3 is 6.18 Å². The first kappa shape index (κ1) is 16.7. The molecule has 2 aromatic rings. The van der Waals surface area contributed by atoms with Crippen LogP contribution in [0.15, 0.2) is 36.8 Å². The average Bonchev–Trinajstić information content (AvgIpc) is 2.47. The van der Waals surface area contributed by atoms with Crippen molar-refractivity contribution in [3.8, 4) is 5.75 Å². The second kappa shape index (κ2) is 5.44.